The minimum absolute atomic E-state index is 0.0682. The lowest BCUT2D eigenvalue weighted by atomic mass is 10.1. The zero-order valence-electron chi connectivity index (χ0n) is 14.8. The molecule has 8 nitrogen and oxygen atoms in total. The van der Waals surface area contributed by atoms with Crippen LogP contribution in [0.25, 0.3) is 22.6 Å². The van der Waals surface area contributed by atoms with Crippen LogP contribution in [-0.4, -0.2) is 24.7 Å². The fraction of sp³-hybridized carbons (Fsp3) is 0.105. The Morgan fingerprint density at radius 2 is 1.83 bits per heavy atom. The summed E-state index contributed by atoms with van der Waals surface area (Å²) >= 11 is 0. The van der Waals surface area contributed by atoms with Gasteiger partial charge in [0.05, 0.1) is 23.4 Å². The normalized spacial score (nSPS) is 11.1. The van der Waals surface area contributed by atoms with Gasteiger partial charge in [0.15, 0.2) is 0 Å². The predicted octanol–water partition coefficient (Wildman–Crippen LogP) is 2.63. The summed E-state index contributed by atoms with van der Waals surface area (Å²) in [5.41, 5.74) is 0.764. The van der Waals surface area contributed by atoms with Gasteiger partial charge in [0.2, 0.25) is 5.89 Å². The van der Waals surface area contributed by atoms with E-state index in [-0.39, 0.29) is 12.4 Å². The van der Waals surface area contributed by atoms with E-state index in [1.807, 2.05) is 6.07 Å². The molecule has 4 rings (SSSR count). The van der Waals surface area contributed by atoms with Gasteiger partial charge in [0.25, 0.3) is 11.4 Å². The lowest BCUT2D eigenvalue weighted by molar-refractivity contribution is 0.116. The van der Waals surface area contributed by atoms with E-state index in [9.17, 15) is 18.4 Å². The number of hydrogen-bond donors (Lipinski definition) is 1. The molecule has 0 unspecified atom stereocenters. The van der Waals surface area contributed by atoms with Crippen molar-refractivity contribution < 1.29 is 13.2 Å². The third-order valence-corrected chi connectivity index (χ3v) is 4.16. The summed E-state index contributed by atoms with van der Waals surface area (Å²) in [6, 6.07) is 12.0. The van der Waals surface area contributed by atoms with Crippen molar-refractivity contribution >= 4 is 0 Å². The number of rotatable bonds is 5. The second-order valence-corrected chi connectivity index (χ2v) is 6.05. The molecule has 3 aromatic heterocycles. The molecular formula is C19H13F2N5O3. The first-order chi connectivity index (χ1) is 14.0. The van der Waals surface area contributed by atoms with E-state index in [4.69, 9.17) is 4.42 Å². The average Bonchev–Trinajstić information content (AvgIpc) is 3.23. The molecule has 0 saturated heterocycles. The van der Waals surface area contributed by atoms with Crippen LogP contribution in [0, 0.1) is 0 Å². The van der Waals surface area contributed by atoms with Crippen LogP contribution in [0.1, 0.15) is 18.0 Å². The summed E-state index contributed by atoms with van der Waals surface area (Å²) in [5.74, 6) is -0.875. The molecule has 0 bridgehead atoms. The first-order valence-corrected chi connectivity index (χ1v) is 8.48. The van der Waals surface area contributed by atoms with Gasteiger partial charge >= 0.3 is 12.1 Å². The van der Waals surface area contributed by atoms with Crippen LogP contribution in [0.3, 0.4) is 0 Å². The highest BCUT2D eigenvalue weighted by atomic mass is 19.3. The molecule has 0 spiro atoms. The molecule has 0 radical (unpaired) electrons. The first kappa shape index (κ1) is 18.4. The Hall–Kier alpha value is -3.95. The van der Waals surface area contributed by atoms with Crippen molar-refractivity contribution in [2.75, 3.05) is 0 Å². The van der Waals surface area contributed by atoms with E-state index >= 15 is 0 Å². The van der Waals surface area contributed by atoms with E-state index in [1.165, 1.54) is 18.5 Å². The van der Waals surface area contributed by atoms with E-state index < -0.39 is 23.6 Å². The molecule has 0 fully saturated rings. The molecule has 0 aliphatic carbocycles. The monoisotopic (exact) mass is 397 g/mol. The molecule has 0 amide bonds. The molecule has 0 saturated carbocycles. The topological polar surface area (TPSA) is 107 Å². The Bertz CT molecular complexity index is 1250. The highest BCUT2D eigenvalue weighted by Gasteiger charge is 2.17. The molecule has 1 aromatic carbocycles. The maximum atomic E-state index is 12.8. The maximum absolute atomic E-state index is 12.8. The molecule has 146 valence electrons. The fourth-order valence-electron chi connectivity index (χ4n) is 2.73. The van der Waals surface area contributed by atoms with Crippen LogP contribution in [0.4, 0.5) is 8.78 Å². The van der Waals surface area contributed by atoms with Crippen LogP contribution in [0.15, 0.2) is 68.9 Å². The second kappa shape index (κ2) is 7.58. The third kappa shape index (κ3) is 3.72. The van der Waals surface area contributed by atoms with Gasteiger partial charge in [0, 0.05) is 12.4 Å². The van der Waals surface area contributed by atoms with Crippen molar-refractivity contribution in [3.63, 3.8) is 0 Å². The lowest BCUT2D eigenvalue weighted by Gasteiger charge is -2.07. The number of halogens is 2. The summed E-state index contributed by atoms with van der Waals surface area (Å²) in [7, 11) is 0. The highest BCUT2D eigenvalue weighted by Crippen LogP contribution is 2.22. The number of hydrogen-bond acceptors (Lipinski definition) is 6. The van der Waals surface area contributed by atoms with E-state index in [2.05, 4.69) is 20.2 Å². The van der Waals surface area contributed by atoms with Gasteiger partial charge in [0.1, 0.15) is 0 Å². The molecule has 1 N–H and O–H groups in total. The van der Waals surface area contributed by atoms with Crippen LogP contribution in [0.5, 0.6) is 0 Å². The average molecular weight is 397 g/mol. The van der Waals surface area contributed by atoms with E-state index in [1.54, 1.807) is 30.3 Å². The van der Waals surface area contributed by atoms with E-state index in [0.717, 1.165) is 4.57 Å². The Labute approximate surface area is 161 Å². The zero-order chi connectivity index (χ0) is 20.4. The third-order valence-electron chi connectivity index (χ3n) is 4.16. The Kier molecular flexibility index (Phi) is 4.82. The van der Waals surface area contributed by atoms with Gasteiger partial charge in [-0.25, -0.2) is 4.79 Å². The molecular weight excluding hydrogens is 384 g/mol. The molecule has 4 aromatic rings. The van der Waals surface area contributed by atoms with Crippen molar-refractivity contribution in [2.45, 2.75) is 13.0 Å². The fourth-order valence-corrected chi connectivity index (χ4v) is 2.73. The second-order valence-electron chi connectivity index (χ2n) is 6.05. The van der Waals surface area contributed by atoms with Gasteiger partial charge < -0.3 is 9.40 Å². The van der Waals surface area contributed by atoms with Crippen molar-refractivity contribution in [1.82, 2.24) is 24.7 Å². The summed E-state index contributed by atoms with van der Waals surface area (Å²) in [6.45, 7) is -0.0682. The number of nitrogens with one attached hydrogen (secondary N) is 1. The van der Waals surface area contributed by atoms with Crippen LogP contribution < -0.4 is 11.2 Å². The van der Waals surface area contributed by atoms with Gasteiger partial charge in [-0.05, 0) is 17.7 Å². The Morgan fingerprint density at radius 3 is 2.48 bits per heavy atom. The van der Waals surface area contributed by atoms with Crippen molar-refractivity contribution in [3.8, 4) is 22.6 Å². The van der Waals surface area contributed by atoms with Crippen LogP contribution in [-0.2, 0) is 6.54 Å². The molecule has 0 aliphatic heterocycles. The van der Waals surface area contributed by atoms with E-state index in [0.29, 0.717) is 22.4 Å². The Morgan fingerprint density at radius 1 is 1.03 bits per heavy atom. The quantitative estimate of drug-likeness (QED) is 0.555. The van der Waals surface area contributed by atoms with Crippen LogP contribution >= 0.6 is 0 Å². The van der Waals surface area contributed by atoms with Crippen molar-refractivity contribution in [3.05, 3.63) is 87.3 Å². The van der Waals surface area contributed by atoms with Crippen molar-refractivity contribution in [1.29, 1.82) is 0 Å². The molecule has 0 atom stereocenters. The number of pyridine rings is 1. The summed E-state index contributed by atoms with van der Waals surface area (Å²) < 4.78 is 31.0. The molecule has 0 aliphatic rings. The minimum atomic E-state index is -2.86. The number of aromatic nitrogens is 5. The number of H-pyrrole nitrogens is 1. The maximum Gasteiger partial charge on any atom is 0.328 e. The Balaban J connectivity index is 1.63. The standard InChI is InChI=1S/C19H13F2N5O3/c20-15(21)17-25-24-16(29-17)12-6-7-13(22-8-12)10-26-18(27)14(9-23-19(26)28)11-4-2-1-3-5-11/h1-9,15H,10H2,(H,23,28). The van der Waals surface area contributed by atoms with Gasteiger partial charge in [-0.3, -0.25) is 14.3 Å². The van der Waals surface area contributed by atoms with Crippen LogP contribution in [0.2, 0.25) is 0 Å². The predicted molar refractivity (Wildman–Crippen MR) is 98.3 cm³/mol. The number of aromatic amines is 1. The molecule has 29 heavy (non-hydrogen) atoms. The minimum Gasteiger partial charge on any atom is -0.415 e. The smallest absolute Gasteiger partial charge is 0.328 e. The summed E-state index contributed by atoms with van der Waals surface area (Å²) in [5, 5.41) is 6.81. The largest absolute Gasteiger partial charge is 0.415 e. The summed E-state index contributed by atoms with van der Waals surface area (Å²) in [4.78, 5) is 31.6. The summed E-state index contributed by atoms with van der Waals surface area (Å²) in [6.07, 6.45) is -0.138. The van der Waals surface area contributed by atoms with Gasteiger partial charge in [-0.1, -0.05) is 30.3 Å². The molecule has 10 heteroatoms. The number of benzene rings is 1. The van der Waals surface area contributed by atoms with Gasteiger partial charge in [-0.2, -0.15) is 8.78 Å². The number of alkyl halides is 2. The van der Waals surface area contributed by atoms with Crippen molar-refractivity contribution in [2.24, 2.45) is 0 Å². The lowest BCUT2D eigenvalue weighted by Crippen LogP contribution is -2.36. The SMILES string of the molecule is O=c1[nH]cc(-c2ccccc2)c(=O)n1Cc1ccc(-c2nnc(C(F)F)o2)cn1. The molecule has 3 heterocycles. The first-order valence-electron chi connectivity index (χ1n) is 8.48. The highest BCUT2D eigenvalue weighted by molar-refractivity contribution is 5.61. The zero-order valence-corrected chi connectivity index (χ0v) is 14.8. The number of nitrogens with zero attached hydrogens (tertiary/aromatic N) is 4. The van der Waals surface area contributed by atoms with Gasteiger partial charge in [-0.15, -0.1) is 10.2 Å².